The molecular weight excluding hydrogens is 388 g/mol. The molecule has 5 atom stereocenters. The van der Waals surface area contributed by atoms with Crippen LogP contribution in [0.25, 0.3) is 0 Å². The van der Waals surface area contributed by atoms with Crippen LogP contribution in [0.3, 0.4) is 0 Å². The first-order chi connectivity index (χ1) is 13.7. The van der Waals surface area contributed by atoms with Gasteiger partial charge in [-0.05, 0) is 15.4 Å². The van der Waals surface area contributed by atoms with E-state index in [9.17, 15) is 20.4 Å². The van der Waals surface area contributed by atoms with E-state index in [4.69, 9.17) is 9.16 Å². The zero-order chi connectivity index (χ0) is 21.2. The lowest BCUT2D eigenvalue weighted by Gasteiger charge is -2.45. The van der Waals surface area contributed by atoms with Crippen molar-refractivity contribution in [3.05, 3.63) is 60.7 Å². The summed E-state index contributed by atoms with van der Waals surface area (Å²) in [6.07, 6.45) is -6.99. The van der Waals surface area contributed by atoms with Gasteiger partial charge < -0.3 is 29.6 Å². The fourth-order valence-corrected chi connectivity index (χ4v) is 8.61. The van der Waals surface area contributed by atoms with E-state index in [2.05, 4.69) is 45.0 Å². The average Bonchev–Trinajstić information content (AvgIpc) is 2.71. The van der Waals surface area contributed by atoms with Crippen molar-refractivity contribution in [3.8, 4) is 0 Å². The van der Waals surface area contributed by atoms with Crippen molar-refractivity contribution >= 4 is 18.7 Å². The van der Waals surface area contributed by atoms with Gasteiger partial charge in [0.1, 0.15) is 24.4 Å². The molecule has 0 bridgehead atoms. The maximum absolute atomic E-state index is 10.4. The number of hydrogen-bond acceptors (Lipinski definition) is 6. The summed E-state index contributed by atoms with van der Waals surface area (Å²) in [4.78, 5) is 0. The molecule has 0 aliphatic carbocycles. The van der Waals surface area contributed by atoms with Gasteiger partial charge in [-0.25, -0.2) is 0 Å². The Hall–Kier alpha value is -1.58. The molecule has 7 heteroatoms. The Morgan fingerprint density at radius 2 is 1.28 bits per heavy atom. The van der Waals surface area contributed by atoms with Gasteiger partial charge >= 0.3 is 0 Å². The van der Waals surface area contributed by atoms with Crippen molar-refractivity contribution in [1.29, 1.82) is 0 Å². The second-order valence-corrected chi connectivity index (χ2v) is 12.8. The second-order valence-electron chi connectivity index (χ2n) is 8.51. The van der Waals surface area contributed by atoms with Crippen LogP contribution in [0, 0.1) is 0 Å². The number of benzene rings is 2. The van der Waals surface area contributed by atoms with Crippen LogP contribution in [-0.2, 0) is 9.16 Å². The lowest BCUT2D eigenvalue weighted by atomic mass is 10.00. The van der Waals surface area contributed by atoms with Gasteiger partial charge in [0.05, 0.1) is 6.61 Å². The molecule has 4 N–H and O–H groups in total. The van der Waals surface area contributed by atoms with E-state index in [1.54, 1.807) is 0 Å². The number of hydrogen-bond donors (Lipinski definition) is 4. The lowest BCUT2D eigenvalue weighted by molar-refractivity contribution is -0.285. The highest BCUT2D eigenvalue weighted by molar-refractivity contribution is 6.99. The SMILES string of the molecule is CC(C)(C)[Si](OC[C@@H]1O[C@H](O)[C@H](O)[C@@H](O)[C@@H]1O)(c1ccccc1)c1ccccc1. The first-order valence-electron chi connectivity index (χ1n) is 9.81. The van der Waals surface area contributed by atoms with Crippen LogP contribution in [-0.4, -0.2) is 66.1 Å². The standard InChI is InChI=1S/C22H30O6Si/c1-22(2,3)29(15-10-6-4-7-11-15,16-12-8-5-9-13-16)27-14-17-18(23)19(24)20(25)21(26)28-17/h4-13,17-21,23-26H,14H2,1-3H3/t17-,18+,19-,20+,21-/m0/s1. The molecule has 29 heavy (non-hydrogen) atoms. The van der Waals surface area contributed by atoms with Gasteiger partial charge in [0.2, 0.25) is 0 Å². The monoisotopic (exact) mass is 418 g/mol. The molecule has 158 valence electrons. The third-order valence-electron chi connectivity index (χ3n) is 5.57. The van der Waals surface area contributed by atoms with Gasteiger partial charge in [-0.3, -0.25) is 0 Å². The lowest BCUT2D eigenvalue weighted by Crippen LogP contribution is -2.68. The first-order valence-corrected chi connectivity index (χ1v) is 11.7. The molecule has 1 aliphatic rings. The average molecular weight is 419 g/mol. The summed E-state index contributed by atoms with van der Waals surface area (Å²) in [5.74, 6) is 0. The summed E-state index contributed by atoms with van der Waals surface area (Å²) < 4.78 is 12.0. The molecule has 0 spiro atoms. The zero-order valence-corrected chi connectivity index (χ0v) is 18.0. The largest absolute Gasteiger partial charge is 0.405 e. The minimum Gasteiger partial charge on any atom is -0.405 e. The number of aliphatic hydroxyl groups is 4. The Morgan fingerprint density at radius 1 is 0.793 bits per heavy atom. The Kier molecular flexibility index (Phi) is 6.60. The molecule has 2 aromatic rings. The van der Waals surface area contributed by atoms with E-state index in [1.807, 2.05) is 36.4 Å². The molecule has 0 unspecified atom stereocenters. The van der Waals surface area contributed by atoms with Crippen LogP contribution < -0.4 is 10.4 Å². The highest BCUT2D eigenvalue weighted by atomic mass is 28.4. The Labute approximate surface area is 172 Å². The van der Waals surface area contributed by atoms with E-state index >= 15 is 0 Å². The molecule has 1 aliphatic heterocycles. The smallest absolute Gasteiger partial charge is 0.261 e. The Morgan fingerprint density at radius 3 is 1.72 bits per heavy atom. The normalized spacial score (nSPS) is 28.3. The highest BCUT2D eigenvalue weighted by Crippen LogP contribution is 2.37. The van der Waals surface area contributed by atoms with Gasteiger partial charge in [-0.1, -0.05) is 81.4 Å². The van der Waals surface area contributed by atoms with Crippen LogP contribution in [0.1, 0.15) is 20.8 Å². The zero-order valence-electron chi connectivity index (χ0n) is 17.0. The second kappa shape index (κ2) is 8.65. The molecule has 0 amide bonds. The molecule has 1 saturated heterocycles. The van der Waals surface area contributed by atoms with Crippen molar-refractivity contribution < 1.29 is 29.6 Å². The van der Waals surface area contributed by atoms with Gasteiger partial charge in [-0.15, -0.1) is 0 Å². The van der Waals surface area contributed by atoms with Gasteiger partial charge in [-0.2, -0.15) is 0 Å². The van der Waals surface area contributed by atoms with E-state index in [1.165, 1.54) is 0 Å². The fourth-order valence-electron chi connectivity index (χ4n) is 4.04. The van der Waals surface area contributed by atoms with Gasteiger partial charge in [0, 0.05) is 0 Å². The maximum Gasteiger partial charge on any atom is 0.261 e. The third kappa shape index (κ3) is 4.18. The van der Waals surface area contributed by atoms with E-state index < -0.39 is 39.0 Å². The summed E-state index contributed by atoms with van der Waals surface area (Å²) in [6.45, 7) is 6.36. The number of aliphatic hydroxyl groups excluding tert-OH is 4. The molecule has 1 fully saturated rings. The molecule has 3 rings (SSSR count). The van der Waals surface area contributed by atoms with E-state index in [0.29, 0.717) is 0 Å². The summed E-state index contributed by atoms with van der Waals surface area (Å²) in [7, 11) is -2.84. The topological polar surface area (TPSA) is 99.4 Å². The molecule has 0 aromatic heterocycles. The predicted molar refractivity (Wildman–Crippen MR) is 112 cm³/mol. The van der Waals surface area contributed by atoms with Gasteiger partial charge in [0.25, 0.3) is 8.32 Å². The third-order valence-corrected chi connectivity index (χ3v) is 10.6. The molecule has 2 aromatic carbocycles. The fraction of sp³-hybridized carbons (Fsp3) is 0.455. The highest BCUT2D eigenvalue weighted by Gasteiger charge is 2.52. The molecule has 0 saturated carbocycles. The maximum atomic E-state index is 10.4. The Balaban J connectivity index is 2.00. The van der Waals surface area contributed by atoms with E-state index in [-0.39, 0.29) is 11.6 Å². The number of rotatable bonds is 5. The summed E-state index contributed by atoms with van der Waals surface area (Å²) >= 11 is 0. The van der Waals surface area contributed by atoms with Crippen LogP contribution in [0.15, 0.2) is 60.7 Å². The van der Waals surface area contributed by atoms with Crippen molar-refractivity contribution in [2.75, 3.05) is 6.61 Å². The minimum absolute atomic E-state index is 0.0325. The first kappa shape index (κ1) is 22.1. The predicted octanol–water partition coefficient (Wildman–Crippen LogP) is 0.363. The van der Waals surface area contributed by atoms with Crippen molar-refractivity contribution in [2.45, 2.75) is 56.5 Å². The van der Waals surface area contributed by atoms with Crippen molar-refractivity contribution in [2.24, 2.45) is 0 Å². The van der Waals surface area contributed by atoms with Crippen LogP contribution in [0.4, 0.5) is 0 Å². The van der Waals surface area contributed by atoms with Crippen molar-refractivity contribution in [3.63, 3.8) is 0 Å². The summed E-state index contributed by atoms with van der Waals surface area (Å²) in [6, 6.07) is 20.0. The molecule has 0 radical (unpaired) electrons. The van der Waals surface area contributed by atoms with Crippen LogP contribution in [0.2, 0.25) is 5.04 Å². The number of ether oxygens (including phenoxy) is 1. The summed E-state index contributed by atoms with van der Waals surface area (Å²) in [5, 5.41) is 41.9. The Bertz CT molecular complexity index is 739. The summed E-state index contributed by atoms with van der Waals surface area (Å²) in [5.41, 5.74) is 0. The molecule has 6 nitrogen and oxygen atoms in total. The minimum atomic E-state index is -2.84. The van der Waals surface area contributed by atoms with Crippen LogP contribution >= 0.6 is 0 Å². The van der Waals surface area contributed by atoms with Gasteiger partial charge in [0.15, 0.2) is 6.29 Å². The quantitative estimate of drug-likeness (QED) is 0.524. The van der Waals surface area contributed by atoms with Crippen LogP contribution in [0.5, 0.6) is 0 Å². The van der Waals surface area contributed by atoms with Crippen molar-refractivity contribution in [1.82, 2.24) is 0 Å². The molecule has 1 heterocycles. The molecular formula is C22H30O6Si. The van der Waals surface area contributed by atoms with E-state index in [0.717, 1.165) is 10.4 Å².